The highest BCUT2D eigenvalue weighted by molar-refractivity contribution is 8.19. The van der Waals surface area contributed by atoms with Gasteiger partial charge in [0.05, 0.1) is 14.4 Å². The summed E-state index contributed by atoms with van der Waals surface area (Å²) in [5, 5.41) is 4.69. The maximum absolute atomic E-state index is 4.80. The molecule has 0 unspecified atom stereocenters. The normalized spacial score (nSPS) is 27.9. The predicted molar refractivity (Wildman–Crippen MR) is 72.3 cm³/mol. The smallest absolute Gasteiger partial charge is 0.133 e. The second-order valence-electron chi connectivity index (χ2n) is 4.61. The molecule has 0 amide bonds. The van der Waals surface area contributed by atoms with Crippen molar-refractivity contribution in [2.24, 2.45) is 0 Å². The number of nitrogens with one attached hydrogen (secondary N) is 1. The van der Waals surface area contributed by atoms with Gasteiger partial charge in [0, 0.05) is 25.2 Å². The number of nitrogens with zero attached hydrogens (tertiary/aromatic N) is 2. The molecule has 0 aliphatic carbocycles. The van der Waals surface area contributed by atoms with Crippen molar-refractivity contribution >= 4 is 26.4 Å². The van der Waals surface area contributed by atoms with E-state index in [1.165, 1.54) is 16.4 Å². The molecule has 0 radical (unpaired) electrons. The van der Waals surface area contributed by atoms with Crippen molar-refractivity contribution in [2.45, 2.75) is 30.5 Å². The average molecular weight is 251 g/mol. The van der Waals surface area contributed by atoms with Crippen molar-refractivity contribution in [2.75, 3.05) is 18.0 Å². The van der Waals surface area contributed by atoms with Gasteiger partial charge in [0.25, 0.3) is 0 Å². The van der Waals surface area contributed by atoms with Crippen LogP contribution in [0.5, 0.6) is 0 Å². The van der Waals surface area contributed by atoms with Gasteiger partial charge in [0.15, 0.2) is 0 Å². The topological polar surface area (TPSA) is 28.2 Å². The summed E-state index contributed by atoms with van der Waals surface area (Å²) in [6.07, 6.45) is 1.16. The van der Waals surface area contributed by atoms with E-state index in [2.05, 4.69) is 29.3 Å². The molecule has 2 aliphatic heterocycles. The van der Waals surface area contributed by atoms with Gasteiger partial charge in [-0.1, -0.05) is 6.07 Å². The third-order valence-electron chi connectivity index (χ3n) is 3.53. The van der Waals surface area contributed by atoms with Gasteiger partial charge in [-0.25, -0.2) is 4.98 Å². The lowest BCUT2D eigenvalue weighted by atomic mass is 10.1. The first-order valence-corrected chi connectivity index (χ1v) is 9.50. The van der Waals surface area contributed by atoms with Gasteiger partial charge in [0.2, 0.25) is 0 Å². The Bertz CT molecular complexity index is 412. The summed E-state index contributed by atoms with van der Waals surface area (Å²) in [6.45, 7) is 4.47. The standard InChI is InChI=1S/C11H17N3SSi/c1-7-5-12-6-9-4-8-2-3-10(15-16)13-11(8)14(7)9/h2-3,7,9,12H,4-6H2,1,16H3/t7-,9-/m1/s1. The first-order chi connectivity index (χ1) is 7.79. The maximum Gasteiger partial charge on any atom is 0.133 e. The molecule has 2 aliphatic rings. The lowest BCUT2D eigenvalue weighted by Crippen LogP contribution is -2.55. The van der Waals surface area contributed by atoms with E-state index in [0.29, 0.717) is 12.1 Å². The van der Waals surface area contributed by atoms with Crippen LogP contribution < -0.4 is 10.2 Å². The molecule has 86 valence electrons. The Hall–Kier alpha value is -0.523. The minimum absolute atomic E-state index is 0.571. The highest BCUT2D eigenvalue weighted by Gasteiger charge is 2.36. The Morgan fingerprint density at radius 2 is 2.38 bits per heavy atom. The molecule has 2 atom stereocenters. The van der Waals surface area contributed by atoms with Crippen molar-refractivity contribution in [1.29, 1.82) is 0 Å². The Morgan fingerprint density at radius 1 is 1.50 bits per heavy atom. The molecule has 1 aromatic heterocycles. The minimum atomic E-state index is 0.571. The van der Waals surface area contributed by atoms with Crippen LogP contribution in [0.3, 0.4) is 0 Å². The molecule has 0 bridgehead atoms. The Labute approximate surface area is 103 Å². The zero-order valence-electron chi connectivity index (χ0n) is 9.73. The van der Waals surface area contributed by atoms with Crippen molar-refractivity contribution in [1.82, 2.24) is 10.3 Å². The largest absolute Gasteiger partial charge is 0.348 e. The lowest BCUT2D eigenvalue weighted by molar-refractivity contribution is 0.427. The number of hydrogen-bond acceptors (Lipinski definition) is 4. The van der Waals surface area contributed by atoms with E-state index in [1.54, 1.807) is 0 Å². The van der Waals surface area contributed by atoms with Crippen molar-refractivity contribution in [3.63, 3.8) is 0 Å². The molecule has 1 N–H and O–H groups in total. The van der Waals surface area contributed by atoms with Crippen LogP contribution in [0, 0.1) is 0 Å². The van der Waals surface area contributed by atoms with Crippen LogP contribution in [0.4, 0.5) is 5.82 Å². The summed E-state index contributed by atoms with van der Waals surface area (Å²) in [6, 6.07) is 5.64. The molecular formula is C11H17N3SSi. The van der Waals surface area contributed by atoms with Crippen molar-refractivity contribution in [3.05, 3.63) is 17.7 Å². The molecule has 0 spiro atoms. The molecule has 3 heterocycles. The molecule has 0 aromatic carbocycles. The summed E-state index contributed by atoms with van der Waals surface area (Å²) < 4.78 is 0. The molecular weight excluding hydrogens is 234 g/mol. The molecule has 1 aromatic rings. The van der Waals surface area contributed by atoms with Crippen LogP contribution in [0.15, 0.2) is 17.2 Å². The van der Waals surface area contributed by atoms with Crippen LogP contribution in [-0.4, -0.2) is 39.5 Å². The molecule has 0 saturated carbocycles. The van der Waals surface area contributed by atoms with Gasteiger partial charge in [0.1, 0.15) is 5.82 Å². The quantitative estimate of drug-likeness (QED) is 0.721. The first-order valence-electron chi connectivity index (χ1n) is 5.82. The monoisotopic (exact) mass is 251 g/mol. The minimum Gasteiger partial charge on any atom is -0.348 e. The van der Waals surface area contributed by atoms with Gasteiger partial charge in [-0.2, -0.15) is 0 Å². The van der Waals surface area contributed by atoms with E-state index in [-0.39, 0.29) is 0 Å². The molecule has 16 heavy (non-hydrogen) atoms. The fourth-order valence-corrected chi connectivity index (χ4v) is 3.84. The van der Waals surface area contributed by atoms with Crippen LogP contribution in [0.25, 0.3) is 0 Å². The third kappa shape index (κ3) is 1.58. The zero-order valence-corrected chi connectivity index (χ0v) is 12.5. The average Bonchev–Trinajstić information content (AvgIpc) is 2.67. The maximum atomic E-state index is 4.80. The number of pyridine rings is 1. The van der Waals surface area contributed by atoms with Crippen LogP contribution in [0.1, 0.15) is 12.5 Å². The van der Waals surface area contributed by atoms with Crippen LogP contribution in [-0.2, 0) is 6.42 Å². The predicted octanol–water partition coefficient (Wildman–Crippen LogP) is 0.177. The zero-order chi connectivity index (χ0) is 11.1. The fourth-order valence-electron chi connectivity index (χ4n) is 2.78. The van der Waals surface area contributed by atoms with Gasteiger partial charge in [-0.05, 0) is 25.0 Å². The molecule has 1 fully saturated rings. The molecule has 1 saturated heterocycles. The second-order valence-corrected chi connectivity index (χ2v) is 6.66. The molecule has 3 nitrogen and oxygen atoms in total. The second kappa shape index (κ2) is 4.05. The van der Waals surface area contributed by atoms with Gasteiger partial charge >= 0.3 is 0 Å². The third-order valence-corrected chi connectivity index (χ3v) is 5.43. The van der Waals surface area contributed by atoms with Crippen LogP contribution >= 0.6 is 11.2 Å². The summed E-state index contributed by atoms with van der Waals surface area (Å²) in [5.74, 6) is 1.25. The van der Waals surface area contributed by atoms with Gasteiger partial charge < -0.3 is 10.2 Å². The Kier molecular flexibility index (Phi) is 2.69. The number of aromatic nitrogens is 1. The summed E-state index contributed by atoms with van der Waals surface area (Å²) in [7, 11) is 1.12. The number of anilines is 1. The number of rotatable bonds is 1. The van der Waals surface area contributed by atoms with Gasteiger partial charge in [-0.15, -0.1) is 11.2 Å². The number of hydrogen-bond donors (Lipinski definition) is 1. The Morgan fingerprint density at radius 3 is 3.19 bits per heavy atom. The summed E-state index contributed by atoms with van der Waals surface area (Å²) in [5.41, 5.74) is 1.43. The van der Waals surface area contributed by atoms with E-state index in [1.807, 2.05) is 11.2 Å². The lowest BCUT2D eigenvalue weighted by Gasteiger charge is -2.37. The number of fused-ring (bicyclic) bond motifs is 3. The SMILES string of the molecule is C[C@@H]1CNC[C@H]2Cc3ccc(S[SiH3])nc3N21. The molecule has 3 rings (SSSR count). The highest BCUT2D eigenvalue weighted by Crippen LogP contribution is 2.34. The van der Waals surface area contributed by atoms with Crippen LogP contribution in [0.2, 0.25) is 0 Å². The molecule has 5 heteroatoms. The summed E-state index contributed by atoms with van der Waals surface area (Å²) in [4.78, 5) is 7.32. The Balaban J connectivity index is 2.01. The van der Waals surface area contributed by atoms with Crippen molar-refractivity contribution < 1.29 is 0 Å². The van der Waals surface area contributed by atoms with Gasteiger partial charge in [-0.3, -0.25) is 0 Å². The fraction of sp³-hybridized carbons (Fsp3) is 0.545. The van der Waals surface area contributed by atoms with E-state index < -0.39 is 0 Å². The van der Waals surface area contributed by atoms with E-state index >= 15 is 0 Å². The van der Waals surface area contributed by atoms with E-state index in [9.17, 15) is 0 Å². The first kappa shape index (κ1) is 10.6. The van der Waals surface area contributed by atoms with E-state index in [4.69, 9.17) is 4.98 Å². The van der Waals surface area contributed by atoms with Crippen molar-refractivity contribution in [3.8, 4) is 0 Å². The van der Waals surface area contributed by atoms with E-state index in [0.717, 1.165) is 28.9 Å². The highest BCUT2D eigenvalue weighted by atomic mass is 32.4. The number of piperazine rings is 1. The summed E-state index contributed by atoms with van der Waals surface area (Å²) >= 11 is 1.86.